The Hall–Kier alpha value is -1.29. The molecule has 2 aromatic rings. The van der Waals surface area contributed by atoms with E-state index in [-0.39, 0.29) is 0 Å². The zero-order valence-corrected chi connectivity index (χ0v) is 15.8. The number of nitrogen functional groups attached to an aromatic ring is 1. The topological polar surface area (TPSA) is 44.5 Å². The number of nitrogens with two attached hydrogens (primary N) is 1. The molecule has 0 aliphatic rings. The van der Waals surface area contributed by atoms with Crippen molar-refractivity contribution in [3.05, 3.63) is 53.6 Å². The minimum Gasteiger partial charge on any atom is -0.494 e. The molecule has 0 spiro atoms. The molecule has 0 saturated heterocycles. The average Bonchev–Trinajstić information content (AvgIpc) is 2.51. The lowest BCUT2D eigenvalue weighted by Crippen LogP contribution is -2.20. The average molecular weight is 389 g/mol. The zero-order chi connectivity index (χ0) is 17.7. The van der Waals surface area contributed by atoms with Gasteiger partial charge in [0, 0.05) is 5.69 Å². The number of ether oxygens (including phenoxy) is 2. The summed E-state index contributed by atoms with van der Waals surface area (Å²) in [6, 6.07) is 12.8. The molecule has 0 radical (unpaired) electrons. The van der Waals surface area contributed by atoms with Crippen LogP contribution in [0.25, 0.3) is 0 Å². The van der Waals surface area contributed by atoms with Crippen molar-refractivity contribution < 1.29 is 9.47 Å². The molecule has 0 heterocycles. The maximum Gasteiger partial charge on any atom is 0.201 e. The van der Waals surface area contributed by atoms with Crippen molar-refractivity contribution >= 4 is 40.5 Å². The van der Waals surface area contributed by atoms with Crippen LogP contribution >= 0.6 is 34.8 Å². The molecule has 3 nitrogen and oxygen atoms in total. The van der Waals surface area contributed by atoms with Gasteiger partial charge in [0.1, 0.15) is 11.5 Å². The van der Waals surface area contributed by atoms with E-state index in [0.29, 0.717) is 30.2 Å². The Morgan fingerprint density at radius 3 is 2.00 bits per heavy atom. The summed E-state index contributed by atoms with van der Waals surface area (Å²) in [7, 11) is 0. The molecule has 2 rings (SSSR count). The van der Waals surface area contributed by atoms with Crippen molar-refractivity contribution in [2.24, 2.45) is 0 Å². The molecule has 130 valence electrons. The summed E-state index contributed by atoms with van der Waals surface area (Å²) in [4.78, 5) is 0. The summed E-state index contributed by atoms with van der Waals surface area (Å²) in [6.07, 6.45) is 0. The highest BCUT2D eigenvalue weighted by atomic mass is 35.6. The molecular formula is C18H20Cl3NO2. The Labute approximate surface area is 157 Å². The van der Waals surface area contributed by atoms with Gasteiger partial charge in [0.2, 0.25) is 3.79 Å². The van der Waals surface area contributed by atoms with Crippen molar-refractivity contribution in [2.75, 3.05) is 18.9 Å². The predicted octanol–water partition coefficient (Wildman–Crippen LogP) is 5.57. The number of hydrogen-bond acceptors (Lipinski definition) is 3. The molecule has 2 aromatic carbocycles. The highest BCUT2D eigenvalue weighted by molar-refractivity contribution is 6.68. The van der Waals surface area contributed by atoms with Gasteiger partial charge in [0.05, 0.1) is 19.1 Å². The first kappa shape index (κ1) is 19.0. The van der Waals surface area contributed by atoms with E-state index in [1.165, 1.54) is 0 Å². The largest absolute Gasteiger partial charge is 0.494 e. The zero-order valence-electron chi connectivity index (χ0n) is 13.6. The standard InChI is InChI=1S/C18H20Cl3NO2/c1-3-23-13-7-5-12(6-8-13)17(18(19,20)21)15-11-14(24-4-2)9-10-16(15)22/h5-11,17H,3-4,22H2,1-2H3. The highest BCUT2D eigenvalue weighted by Gasteiger charge is 2.36. The van der Waals surface area contributed by atoms with Crippen LogP contribution in [-0.4, -0.2) is 17.0 Å². The van der Waals surface area contributed by atoms with Crippen LogP contribution in [0.3, 0.4) is 0 Å². The lowest BCUT2D eigenvalue weighted by atomic mass is 9.91. The van der Waals surface area contributed by atoms with Crippen LogP contribution in [0.2, 0.25) is 0 Å². The second-order valence-electron chi connectivity index (χ2n) is 5.20. The first-order chi connectivity index (χ1) is 11.4. The Morgan fingerprint density at radius 2 is 1.46 bits per heavy atom. The van der Waals surface area contributed by atoms with Gasteiger partial charge >= 0.3 is 0 Å². The van der Waals surface area contributed by atoms with Gasteiger partial charge in [-0.1, -0.05) is 46.9 Å². The lowest BCUT2D eigenvalue weighted by molar-refractivity contribution is 0.339. The quantitative estimate of drug-likeness (QED) is 0.520. The van der Waals surface area contributed by atoms with Gasteiger partial charge in [0.15, 0.2) is 0 Å². The summed E-state index contributed by atoms with van der Waals surface area (Å²) < 4.78 is 9.45. The number of rotatable bonds is 6. The number of benzene rings is 2. The smallest absolute Gasteiger partial charge is 0.201 e. The molecule has 6 heteroatoms. The molecule has 24 heavy (non-hydrogen) atoms. The third-order valence-electron chi connectivity index (χ3n) is 3.53. The van der Waals surface area contributed by atoms with Crippen molar-refractivity contribution in [3.8, 4) is 11.5 Å². The molecule has 1 unspecified atom stereocenters. The molecule has 0 aromatic heterocycles. The molecule has 0 fully saturated rings. The summed E-state index contributed by atoms with van der Waals surface area (Å²) in [6.45, 7) is 4.98. The summed E-state index contributed by atoms with van der Waals surface area (Å²) in [5, 5.41) is 0. The van der Waals surface area contributed by atoms with Crippen LogP contribution in [0.4, 0.5) is 5.69 Å². The van der Waals surface area contributed by atoms with Crippen molar-refractivity contribution in [1.82, 2.24) is 0 Å². The number of halogens is 3. The molecule has 1 atom stereocenters. The van der Waals surface area contributed by atoms with Crippen LogP contribution in [0.15, 0.2) is 42.5 Å². The van der Waals surface area contributed by atoms with E-state index in [1.807, 2.05) is 44.2 Å². The van der Waals surface area contributed by atoms with E-state index in [4.69, 9.17) is 50.0 Å². The van der Waals surface area contributed by atoms with E-state index in [1.54, 1.807) is 12.1 Å². The summed E-state index contributed by atoms with van der Waals surface area (Å²) >= 11 is 18.8. The van der Waals surface area contributed by atoms with Gasteiger partial charge in [-0.2, -0.15) is 0 Å². The van der Waals surface area contributed by atoms with E-state index in [2.05, 4.69) is 0 Å². The maximum atomic E-state index is 6.27. The monoisotopic (exact) mass is 387 g/mol. The summed E-state index contributed by atoms with van der Waals surface area (Å²) in [5.41, 5.74) is 8.23. The first-order valence-electron chi connectivity index (χ1n) is 7.68. The molecule has 0 aliphatic heterocycles. The molecule has 0 aliphatic carbocycles. The fourth-order valence-electron chi connectivity index (χ4n) is 2.53. The van der Waals surface area contributed by atoms with Gasteiger partial charge in [-0.05, 0) is 55.3 Å². The highest BCUT2D eigenvalue weighted by Crippen LogP contribution is 2.48. The van der Waals surface area contributed by atoms with Crippen LogP contribution < -0.4 is 15.2 Å². The third-order valence-corrected chi connectivity index (χ3v) is 4.19. The lowest BCUT2D eigenvalue weighted by Gasteiger charge is -2.27. The van der Waals surface area contributed by atoms with Crippen LogP contribution in [0.5, 0.6) is 11.5 Å². The third kappa shape index (κ3) is 4.62. The fourth-order valence-corrected chi connectivity index (χ4v) is 3.26. The Morgan fingerprint density at radius 1 is 0.917 bits per heavy atom. The normalized spacial score (nSPS) is 12.7. The second kappa shape index (κ2) is 8.19. The Kier molecular flexibility index (Phi) is 6.50. The molecule has 0 bridgehead atoms. The van der Waals surface area contributed by atoms with Crippen LogP contribution in [-0.2, 0) is 0 Å². The molecular weight excluding hydrogens is 369 g/mol. The minimum absolute atomic E-state index is 0.529. The molecule has 0 saturated carbocycles. The second-order valence-corrected chi connectivity index (χ2v) is 7.57. The Bertz CT molecular complexity index is 669. The van der Waals surface area contributed by atoms with E-state index in [0.717, 1.165) is 11.3 Å². The number of anilines is 1. The number of hydrogen-bond donors (Lipinski definition) is 1. The maximum absolute atomic E-state index is 6.27. The predicted molar refractivity (Wildman–Crippen MR) is 102 cm³/mol. The van der Waals surface area contributed by atoms with E-state index >= 15 is 0 Å². The van der Waals surface area contributed by atoms with E-state index < -0.39 is 9.71 Å². The summed E-state index contributed by atoms with van der Waals surface area (Å²) in [5.74, 6) is 0.922. The van der Waals surface area contributed by atoms with E-state index in [9.17, 15) is 0 Å². The number of alkyl halides is 3. The van der Waals surface area contributed by atoms with Crippen LogP contribution in [0, 0.1) is 0 Å². The fraction of sp³-hybridized carbons (Fsp3) is 0.333. The van der Waals surface area contributed by atoms with Crippen molar-refractivity contribution in [2.45, 2.75) is 23.6 Å². The van der Waals surface area contributed by atoms with Gasteiger partial charge in [0.25, 0.3) is 0 Å². The molecule has 0 amide bonds. The van der Waals surface area contributed by atoms with Gasteiger partial charge in [-0.3, -0.25) is 0 Å². The minimum atomic E-state index is -1.56. The SMILES string of the molecule is CCOc1ccc(C(c2cc(OCC)ccc2N)C(Cl)(Cl)Cl)cc1. The first-order valence-corrected chi connectivity index (χ1v) is 8.81. The van der Waals surface area contributed by atoms with Gasteiger partial charge < -0.3 is 15.2 Å². The Balaban J connectivity index is 2.48. The van der Waals surface area contributed by atoms with Crippen LogP contribution in [0.1, 0.15) is 30.9 Å². The van der Waals surface area contributed by atoms with Gasteiger partial charge in [-0.15, -0.1) is 0 Å². The molecule has 2 N–H and O–H groups in total. The van der Waals surface area contributed by atoms with Crippen molar-refractivity contribution in [3.63, 3.8) is 0 Å². The van der Waals surface area contributed by atoms with Crippen molar-refractivity contribution in [1.29, 1.82) is 0 Å². The van der Waals surface area contributed by atoms with Gasteiger partial charge in [-0.25, -0.2) is 0 Å².